The summed E-state index contributed by atoms with van der Waals surface area (Å²) in [6.07, 6.45) is 0. The molecule has 1 aromatic carbocycles. The SMILES string of the molecule is Fc1cccc(SCc2nc(Cl)c(I)c(Cl)n2)c1. The molecule has 1 heterocycles. The first-order valence-electron chi connectivity index (χ1n) is 4.82. The van der Waals surface area contributed by atoms with Crippen LogP contribution in [0, 0.1) is 9.39 Å². The summed E-state index contributed by atoms with van der Waals surface area (Å²) in [5.74, 6) is 0.749. The average Bonchev–Trinajstić information content (AvgIpc) is 2.33. The molecule has 18 heavy (non-hydrogen) atoms. The lowest BCUT2D eigenvalue weighted by atomic mass is 10.4. The van der Waals surface area contributed by atoms with Crippen molar-refractivity contribution in [3.63, 3.8) is 0 Å². The number of hydrogen-bond acceptors (Lipinski definition) is 3. The molecule has 0 aliphatic rings. The van der Waals surface area contributed by atoms with E-state index in [-0.39, 0.29) is 5.82 Å². The first kappa shape index (κ1) is 14.3. The van der Waals surface area contributed by atoms with Crippen molar-refractivity contribution in [3.05, 3.63) is 49.8 Å². The maximum atomic E-state index is 13.0. The molecule has 0 N–H and O–H groups in total. The van der Waals surface area contributed by atoms with Crippen LogP contribution in [0.15, 0.2) is 29.2 Å². The fourth-order valence-electron chi connectivity index (χ4n) is 1.20. The van der Waals surface area contributed by atoms with Crippen molar-refractivity contribution < 1.29 is 4.39 Å². The molecule has 0 saturated heterocycles. The molecule has 1 aromatic heterocycles. The molecule has 0 spiro atoms. The van der Waals surface area contributed by atoms with Crippen LogP contribution in [0.3, 0.4) is 0 Å². The zero-order valence-corrected chi connectivity index (χ0v) is 13.3. The Balaban J connectivity index is 2.11. The van der Waals surface area contributed by atoms with Crippen LogP contribution in [-0.2, 0) is 5.75 Å². The van der Waals surface area contributed by atoms with Gasteiger partial charge in [0.05, 0.1) is 9.32 Å². The monoisotopic (exact) mass is 414 g/mol. The van der Waals surface area contributed by atoms with E-state index in [2.05, 4.69) is 9.97 Å². The highest BCUT2D eigenvalue weighted by atomic mass is 127. The first-order valence-corrected chi connectivity index (χ1v) is 7.64. The van der Waals surface area contributed by atoms with Gasteiger partial charge < -0.3 is 0 Å². The Morgan fingerprint density at radius 2 is 1.89 bits per heavy atom. The summed E-state index contributed by atoms with van der Waals surface area (Å²) < 4.78 is 13.6. The van der Waals surface area contributed by atoms with Crippen LogP contribution < -0.4 is 0 Å². The highest BCUT2D eigenvalue weighted by Gasteiger charge is 2.09. The number of benzene rings is 1. The fraction of sp³-hybridized carbons (Fsp3) is 0.0909. The van der Waals surface area contributed by atoms with E-state index in [9.17, 15) is 4.39 Å². The summed E-state index contributed by atoms with van der Waals surface area (Å²) >= 11 is 15.2. The molecule has 0 fully saturated rings. The van der Waals surface area contributed by atoms with Crippen LogP contribution in [0.4, 0.5) is 4.39 Å². The molecule has 94 valence electrons. The lowest BCUT2D eigenvalue weighted by Crippen LogP contribution is -1.96. The van der Waals surface area contributed by atoms with E-state index in [1.165, 1.54) is 23.9 Å². The van der Waals surface area contributed by atoms with E-state index in [0.29, 0.717) is 25.5 Å². The van der Waals surface area contributed by atoms with Crippen molar-refractivity contribution in [1.82, 2.24) is 9.97 Å². The normalized spacial score (nSPS) is 10.7. The van der Waals surface area contributed by atoms with Gasteiger partial charge >= 0.3 is 0 Å². The number of hydrogen-bond donors (Lipinski definition) is 0. The Hall–Kier alpha value is -0.110. The van der Waals surface area contributed by atoms with Gasteiger partial charge in [0.25, 0.3) is 0 Å². The number of aromatic nitrogens is 2. The molecule has 0 saturated carbocycles. The third-order valence-electron chi connectivity index (χ3n) is 1.98. The molecule has 7 heteroatoms. The number of thioether (sulfide) groups is 1. The molecule has 0 aliphatic heterocycles. The van der Waals surface area contributed by atoms with E-state index in [1.807, 2.05) is 28.7 Å². The fourth-order valence-corrected chi connectivity index (χ4v) is 2.66. The number of halogens is 4. The summed E-state index contributed by atoms with van der Waals surface area (Å²) in [5.41, 5.74) is 0. The number of nitrogens with zero attached hydrogens (tertiary/aromatic N) is 2. The maximum Gasteiger partial charge on any atom is 0.147 e. The highest BCUT2D eigenvalue weighted by Crippen LogP contribution is 2.26. The van der Waals surface area contributed by atoms with Crippen molar-refractivity contribution >= 4 is 57.6 Å². The van der Waals surface area contributed by atoms with Crippen molar-refractivity contribution in [2.75, 3.05) is 0 Å². The topological polar surface area (TPSA) is 25.8 Å². The van der Waals surface area contributed by atoms with E-state index >= 15 is 0 Å². The van der Waals surface area contributed by atoms with Gasteiger partial charge in [0.1, 0.15) is 21.9 Å². The van der Waals surface area contributed by atoms with E-state index in [0.717, 1.165) is 4.90 Å². The smallest absolute Gasteiger partial charge is 0.147 e. The van der Waals surface area contributed by atoms with Crippen LogP contribution in [0.2, 0.25) is 10.3 Å². The molecule has 0 amide bonds. The van der Waals surface area contributed by atoms with Gasteiger partial charge in [-0.25, -0.2) is 14.4 Å². The largest absolute Gasteiger partial charge is 0.219 e. The quantitative estimate of drug-likeness (QED) is 0.409. The molecule has 2 aromatic rings. The van der Waals surface area contributed by atoms with Gasteiger partial charge in [0.15, 0.2) is 0 Å². The Labute approximate surface area is 131 Å². The Morgan fingerprint density at radius 3 is 2.50 bits per heavy atom. The summed E-state index contributed by atoms with van der Waals surface area (Å²) in [4.78, 5) is 9.05. The predicted octanol–water partition coefficient (Wildman–Crippen LogP) is 4.82. The summed E-state index contributed by atoms with van der Waals surface area (Å²) in [6.45, 7) is 0. The van der Waals surface area contributed by atoms with E-state index < -0.39 is 0 Å². The third kappa shape index (κ3) is 3.69. The standard InChI is InChI=1S/C11H6Cl2FIN2S/c12-10-9(15)11(13)17-8(16-10)5-18-7-3-1-2-6(14)4-7/h1-4H,5H2. The van der Waals surface area contributed by atoms with Gasteiger partial charge in [-0.15, -0.1) is 11.8 Å². The van der Waals surface area contributed by atoms with Crippen LogP contribution >= 0.6 is 57.6 Å². The molecule has 0 radical (unpaired) electrons. The second-order valence-corrected chi connectivity index (χ2v) is 6.13. The van der Waals surface area contributed by atoms with E-state index in [4.69, 9.17) is 23.2 Å². The molecule has 0 aliphatic carbocycles. The van der Waals surface area contributed by atoms with Crippen molar-refractivity contribution in [1.29, 1.82) is 0 Å². The first-order chi connectivity index (χ1) is 8.56. The third-order valence-corrected chi connectivity index (χ3v) is 5.18. The predicted molar refractivity (Wildman–Crippen MR) is 80.7 cm³/mol. The molecule has 0 atom stereocenters. The zero-order chi connectivity index (χ0) is 13.1. The van der Waals surface area contributed by atoms with Crippen LogP contribution in [0.5, 0.6) is 0 Å². The lowest BCUT2D eigenvalue weighted by molar-refractivity contribution is 0.624. The lowest BCUT2D eigenvalue weighted by Gasteiger charge is -2.04. The van der Waals surface area contributed by atoms with E-state index in [1.54, 1.807) is 6.07 Å². The molecular weight excluding hydrogens is 409 g/mol. The molecular formula is C11H6Cl2FIN2S. The average molecular weight is 415 g/mol. The van der Waals surface area contributed by atoms with Gasteiger partial charge in [-0.3, -0.25) is 0 Å². The van der Waals surface area contributed by atoms with Crippen molar-refractivity contribution in [2.45, 2.75) is 10.6 Å². The Bertz CT molecular complexity index is 560. The minimum atomic E-state index is -0.264. The van der Waals surface area contributed by atoms with Gasteiger partial charge in [-0.05, 0) is 40.8 Å². The molecule has 0 unspecified atom stereocenters. The molecule has 2 nitrogen and oxygen atoms in total. The minimum Gasteiger partial charge on any atom is -0.219 e. The zero-order valence-electron chi connectivity index (χ0n) is 8.83. The second kappa shape index (κ2) is 6.36. The summed E-state index contributed by atoms with van der Waals surface area (Å²) in [5, 5.41) is 0.677. The highest BCUT2D eigenvalue weighted by molar-refractivity contribution is 14.1. The van der Waals surface area contributed by atoms with Gasteiger partial charge in [-0.1, -0.05) is 29.3 Å². The second-order valence-electron chi connectivity index (χ2n) is 3.28. The Morgan fingerprint density at radius 1 is 1.22 bits per heavy atom. The van der Waals surface area contributed by atoms with Crippen LogP contribution in [0.1, 0.15) is 5.82 Å². The maximum absolute atomic E-state index is 13.0. The van der Waals surface area contributed by atoms with Gasteiger partial charge in [0.2, 0.25) is 0 Å². The summed E-state index contributed by atoms with van der Waals surface area (Å²) in [6, 6.07) is 6.34. The number of rotatable bonds is 3. The minimum absolute atomic E-state index is 0.264. The van der Waals surface area contributed by atoms with Crippen LogP contribution in [0.25, 0.3) is 0 Å². The molecule has 2 rings (SSSR count). The molecule has 0 bridgehead atoms. The Kier molecular flexibility index (Phi) is 5.06. The van der Waals surface area contributed by atoms with Crippen molar-refractivity contribution in [2.24, 2.45) is 0 Å². The van der Waals surface area contributed by atoms with Gasteiger partial charge in [0, 0.05) is 4.90 Å². The van der Waals surface area contributed by atoms with Crippen LogP contribution in [-0.4, -0.2) is 9.97 Å². The van der Waals surface area contributed by atoms with Gasteiger partial charge in [-0.2, -0.15) is 0 Å². The van der Waals surface area contributed by atoms with Crippen molar-refractivity contribution in [3.8, 4) is 0 Å². The summed E-state index contributed by atoms with van der Waals surface area (Å²) in [7, 11) is 0.